The molecule has 0 aliphatic carbocycles. The fraction of sp³-hybridized carbons (Fsp3) is 0.143. The molecule has 4 aromatic carbocycles. The molecule has 3 heterocycles. The number of nitrogens with zero attached hydrogens (tertiary/aromatic N) is 2. The van der Waals surface area contributed by atoms with Crippen LogP contribution in [-0.2, 0) is 20.1 Å². The fourth-order valence-electron chi connectivity index (χ4n) is 5.25. The number of hydrogen-bond acceptors (Lipinski definition) is 3. The minimum absolute atomic E-state index is 0. The van der Waals surface area contributed by atoms with E-state index in [1.165, 1.54) is 11.1 Å². The van der Waals surface area contributed by atoms with Gasteiger partial charge in [-0.05, 0) is 51.9 Å². The van der Waals surface area contributed by atoms with E-state index >= 15 is 0 Å². The summed E-state index contributed by atoms with van der Waals surface area (Å²) in [6.45, 7) is 8.84. The summed E-state index contributed by atoms with van der Waals surface area (Å²) < 4.78 is 6.42. The number of benzene rings is 4. The molecule has 3 aromatic heterocycles. The molecule has 0 saturated carbocycles. The van der Waals surface area contributed by atoms with Crippen LogP contribution < -0.4 is 0 Å². The van der Waals surface area contributed by atoms with Gasteiger partial charge in [0.1, 0.15) is 0 Å². The first-order valence-electron chi connectivity index (χ1n) is 15.5. The molecule has 0 saturated heterocycles. The van der Waals surface area contributed by atoms with Crippen molar-refractivity contribution in [3.63, 3.8) is 0 Å². The Labute approximate surface area is 285 Å². The van der Waals surface area contributed by atoms with Crippen LogP contribution in [0.3, 0.4) is 0 Å². The van der Waals surface area contributed by atoms with Gasteiger partial charge in [-0.25, -0.2) is 0 Å². The van der Waals surface area contributed by atoms with Gasteiger partial charge in [-0.2, -0.15) is 0 Å². The summed E-state index contributed by atoms with van der Waals surface area (Å²) >= 11 is 0. The Balaban J connectivity index is 0.000000269. The molecular weight excluding hydrogens is 741 g/mol. The van der Waals surface area contributed by atoms with Gasteiger partial charge in [-0.3, -0.25) is 4.98 Å². The Bertz CT molecular complexity index is 1940. The maximum absolute atomic E-state index is 6.42. The van der Waals surface area contributed by atoms with E-state index in [1.807, 2.05) is 66.9 Å². The first-order valence-corrected chi connectivity index (χ1v) is 15.5. The smallest absolute Gasteiger partial charge is 0.0914 e. The normalized spacial score (nSPS) is 10.8. The van der Waals surface area contributed by atoms with Crippen LogP contribution in [0.4, 0.5) is 0 Å². The third-order valence-electron chi connectivity index (χ3n) is 7.86. The predicted octanol–water partition coefficient (Wildman–Crippen LogP) is 11.4. The molecule has 0 amide bonds. The Morgan fingerprint density at radius 1 is 0.587 bits per heavy atom. The van der Waals surface area contributed by atoms with Crippen LogP contribution in [0.15, 0.2) is 138 Å². The van der Waals surface area contributed by atoms with E-state index in [0.29, 0.717) is 11.8 Å². The van der Waals surface area contributed by atoms with E-state index in [1.54, 1.807) is 6.20 Å². The molecule has 0 atom stereocenters. The van der Waals surface area contributed by atoms with Gasteiger partial charge < -0.3 is 9.40 Å². The molecule has 7 rings (SSSR count). The van der Waals surface area contributed by atoms with Crippen molar-refractivity contribution in [1.82, 2.24) is 9.97 Å². The second kappa shape index (κ2) is 15.1. The fourth-order valence-corrected chi connectivity index (χ4v) is 5.25. The maximum atomic E-state index is 6.42. The second-order valence-corrected chi connectivity index (χ2v) is 11.7. The average Bonchev–Trinajstić information content (AvgIpc) is 3.54. The molecular formula is C42H36IrN2O-2. The van der Waals surface area contributed by atoms with Crippen LogP contribution >= 0.6 is 0 Å². The molecule has 0 fully saturated rings. The van der Waals surface area contributed by atoms with Gasteiger partial charge in [-0.15, -0.1) is 48.0 Å². The van der Waals surface area contributed by atoms with Gasteiger partial charge in [0.05, 0.1) is 11.3 Å². The van der Waals surface area contributed by atoms with Crippen molar-refractivity contribution in [3.8, 4) is 45.0 Å². The number of pyridine rings is 2. The Hall–Kier alpha value is -4.63. The van der Waals surface area contributed by atoms with Crippen molar-refractivity contribution in [3.05, 3.63) is 157 Å². The first-order chi connectivity index (χ1) is 22.0. The summed E-state index contributed by atoms with van der Waals surface area (Å²) in [7, 11) is 0. The molecule has 0 aliphatic heterocycles. The summed E-state index contributed by atoms with van der Waals surface area (Å²) in [5, 5.41) is 0.964. The Morgan fingerprint density at radius 3 is 1.98 bits per heavy atom. The van der Waals surface area contributed by atoms with Crippen molar-refractivity contribution in [1.29, 1.82) is 0 Å². The summed E-state index contributed by atoms with van der Waals surface area (Å²) in [5.41, 5.74) is 10.6. The quantitative estimate of drug-likeness (QED) is 0.158. The van der Waals surface area contributed by atoms with Gasteiger partial charge in [0.2, 0.25) is 0 Å². The van der Waals surface area contributed by atoms with Crippen LogP contribution in [0.1, 0.15) is 50.7 Å². The van der Waals surface area contributed by atoms with Crippen molar-refractivity contribution < 1.29 is 24.5 Å². The van der Waals surface area contributed by atoms with Gasteiger partial charge in [0, 0.05) is 43.8 Å². The molecule has 1 radical (unpaired) electrons. The third kappa shape index (κ3) is 7.59. The van der Waals surface area contributed by atoms with Crippen molar-refractivity contribution in [2.75, 3.05) is 0 Å². The van der Waals surface area contributed by atoms with E-state index in [9.17, 15) is 0 Å². The molecule has 0 aliphatic rings. The van der Waals surface area contributed by atoms with Gasteiger partial charge in [0.25, 0.3) is 0 Å². The third-order valence-corrected chi connectivity index (χ3v) is 7.86. The molecule has 231 valence electrons. The predicted molar refractivity (Wildman–Crippen MR) is 186 cm³/mol. The van der Waals surface area contributed by atoms with Crippen LogP contribution in [0, 0.1) is 12.1 Å². The number of aromatic nitrogens is 2. The van der Waals surface area contributed by atoms with E-state index in [0.717, 1.165) is 55.9 Å². The topological polar surface area (TPSA) is 38.9 Å². The molecule has 0 bridgehead atoms. The Morgan fingerprint density at radius 2 is 1.30 bits per heavy atom. The first kappa shape index (κ1) is 32.8. The Kier molecular flexibility index (Phi) is 10.8. The van der Waals surface area contributed by atoms with Crippen molar-refractivity contribution in [2.45, 2.75) is 39.5 Å². The van der Waals surface area contributed by atoms with Crippen molar-refractivity contribution >= 4 is 11.0 Å². The summed E-state index contributed by atoms with van der Waals surface area (Å²) in [4.78, 5) is 8.89. The largest absolute Gasteiger partial charge is 0.499 e. The van der Waals surface area contributed by atoms with E-state index < -0.39 is 0 Å². The van der Waals surface area contributed by atoms with E-state index in [2.05, 4.69) is 110 Å². The van der Waals surface area contributed by atoms with Crippen molar-refractivity contribution in [2.24, 2.45) is 0 Å². The summed E-state index contributed by atoms with van der Waals surface area (Å²) in [6.07, 6.45) is 3.68. The van der Waals surface area contributed by atoms with Crippen LogP contribution in [0.5, 0.6) is 0 Å². The standard InChI is InChI=1S/C31H28NO.C11H8N.Ir/c1-20(2)22-10-12-23(13-11-22)28-17-26(29-18-25(21(3)4)14-15-32-29)16-27-19-30(33-31(27)28)24-8-6-5-7-9-24;1-2-6-10(7-3-1)11-8-4-5-9-12-11;/h5-15,17-21H,1-4H3;1-6,8-9H;/q2*-1;. The molecule has 0 unspecified atom stereocenters. The number of rotatable bonds is 6. The summed E-state index contributed by atoms with van der Waals surface area (Å²) in [5.74, 6) is 1.79. The zero-order chi connectivity index (χ0) is 31.2. The van der Waals surface area contributed by atoms with Gasteiger partial charge in [-0.1, -0.05) is 118 Å². The van der Waals surface area contributed by atoms with Crippen LogP contribution in [0.25, 0.3) is 55.9 Å². The molecule has 7 aromatic rings. The van der Waals surface area contributed by atoms with Crippen LogP contribution in [0.2, 0.25) is 0 Å². The average molecular weight is 777 g/mol. The zero-order valence-electron chi connectivity index (χ0n) is 26.5. The maximum Gasteiger partial charge on any atom is 0.0914 e. The molecule has 3 nitrogen and oxygen atoms in total. The molecule has 0 spiro atoms. The molecule has 46 heavy (non-hydrogen) atoms. The van der Waals surface area contributed by atoms with Crippen LogP contribution in [-0.4, -0.2) is 9.97 Å². The number of hydrogen-bond donors (Lipinski definition) is 0. The molecule has 0 N–H and O–H groups in total. The SMILES string of the molecule is CC(C)c1ccc(-c2cc(-c3cc(C(C)C)ccn3)[c-]c3cc(-c4ccccc4)oc23)cc1.[Ir].[c-]1ccccc1-c1ccccn1. The van der Waals surface area contributed by atoms with E-state index in [4.69, 9.17) is 4.42 Å². The van der Waals surface area contributed by atoms with E-state index in [-0.39, 0.29) is 20.1 Å². The summed E-state index contributed by atoms with van der Waals surface area (Å²) in [6, 6.07) is 47.9. The second-order valence-electron chi connectivity index (χ2n) is 11.7. The van der Waals surface area contributed by atoms with Gasteiger partial charge >= 0.3 is 0 Å². The monoisotopic (exact) mass is 777 g/mol. The minimum atomic E-state index is 0. The molecule has 4 heteroatoms. The number of furan rings is 1. The zero-order valence-corrected chi connectivity index (χ0v) is 28.9. The van der Waals surface area contributed by atoms with Gasteiger partial charge in [0.15, 0.2) is 0 Å². The number of fused-ring (bicyclic) bond motifs is 1. The minimum Gasteiger partial charge on any atom is -0.499 e.